The molecule has 1 aliphatic rings. The van der Waals surface area contributed by atoms with Crippen LogP contribution in [-0.2, 0) is 0 Å². The summed E-state index contributed by atoms with van der Waals surface area (Å²) in [5.74, 6) is 0.290. The van der Waals surface area contributed by atoms with Crippen LogP contribution in [0, 0.1) is 10.8 Å². The highest BCUT2D eigenvalue weighted by atomic mass is 16.3. The molecule has 17 heavy (non-hydrogen) atoms. The van der Waals surface area contributed by atoms with Gasteiger partial charge in [-0.05, 0) is 32.2 Å². The van der Waals surface area contributed by atoms with Crippen LogP contribution in [0.2, 0.25) is 0 Å². The minimum Gasteiger partial charge on any atom is -0.393 e. The van der Waals surface area contributed by atoms with Gasteiger partial charge in [0.05, 0.1) is 11.9 Å². The van der Waals surface area contributed by atoms with Crippen molar-refractivity contribution in [1.29, 1.82) is 5.41 Å². The highest BCUT2D eigenvalue weighted by Gasteiger charge is 2.21. The van der Waals surface area contributed by atoms with E-state index in [2.05, 4.69) is 4.90 Å². The molecule has 0 amide bonds. The van der Waals surface area contributed by atoms with Gasteiger partial charge >= 0.3 is 0 Å². The molecule has 0 bridgehead atoms. The van der Waals surface area contributed by atoms with E-state index in [0.29, 0.717) is 5.84 Å². The number of aliphatic hydroxyl groups excluding tert-OH is 1. The molecule has 0 aromatic carbocycles. The summed E-state index contributed by atoms with van der Waals surface area (Å²) in [7, 11) is 0. The van der Waals surface area contributed by atoms with Crippen molar-refractivity contribution in [2.45, 2.75) is 52.1 Å². The second-order valence-corrected chi connectivity index (χ2v) is 5.83. The number of amidine groups is 1. The Kier molecular flexibility index (Phi) is 5.40. The zero-order valence-electron chi connectivity index (χ0n) is 11.2. The standard InChI is InChI=1S/C13H27N3O/c1-13(2,12(14)15)7-3-4-8-16-9-5-11(17)6-10-16/h11,17H,3-10H2,1-2H3,(H3,14,15). The number of piperidine rings is 1. The molecular formula is C13H27N3O. The van der Waals surface area contributed by atoms with Crippen molar-refractivity contribution in [1.82, 2.24) is 4.90 Å². The molecular weight excluding hydrogens is 214 g/mol. The van der Waals surface area contributed by atoms with Gasteiger partial charge < -0.3 is 15.7 Å². The summed E-state index contributed by atoms with van der Waals surface area (Å²) in [4.78, 5) is 2.42. The molecule has 4 N–H and O–H groups in total. The van der Waals surface area contributed by atoms with Crippen molar-refractivity contribution in [2.75, 3.05) is 19.6 Å². The van der Waals surface area contributed by atoms with Crippen molar-refractivity contribution < 1.29 is 5.11 Å². The van der Waals surface area contributed by atoms with E-state index in [4.69, 9.17) is 11.1 Å². The van der Waals surface area contributed by atoms with Crippen LogP contribution >= 0.6 is 0 Å². The SMILES string of the molecule is CC(C)(CCCCN1CCC(O)CC1)C(=N)N. The fourth-order valence-corrected chi connectivity index (χ4v) is 2.18. The number of likely N-dealkylation sites (tertiary alicyclic amines) is 1. The van der Waals surface area contributed by atoms with Crippen LogP contribution in [-0.4, -0.2) is 41.6 Å². The van der Waals surface area contributed by atoms with Gasteiger partial charge in [-0.2, -0.15) is 0 Å². The van der Waals surface area contributed by atoms with E-state index in [1.54, 1.807) is 0 Å². The molecule has 1 heterocycles. The first-order valence-corrected chi connectivity index (χ1v) is 6.67. The minimum absolute atomic E-state index is 0.0807. The molecule has 4 heteroatoms. The lowest BCUT2D eigenvalue weighted by molar-refractivity contribution is 0.0815. The third-order valence-electron chi connectivity index (χ3n) is 3.81. The Morgan fingerprint density at radius 3 is 2.47 bits per heavy atom. The lowest BCUT2D eigenvalue weighted by Crippen LogP contribution is -2.36. The van der Waals surface area contributed by atoms with E-state index in [1.165, 1.54) is 0 Å². The average Bonchev–Trinajstić information content (AvgIpc) is 2.26. The number of aliphatic hydroxyl groups is 1. The molecule has 1 saturated heterocycles. The van der Waals surface area contributed by atoms with Gasteiger partial charge in [-0.1, -0.05) is 20.3 Å². The third-order valence-corrected chi connectivity index (χ3v) is 3.81. The molecule has 100 valence electrons. The summed E-state index contributed by atoms with van der Waals surface area (Å²) in [5.41, 5.74) is 5.40. The number of unbranched alkanes of at least 4 members (excludes halogenated alkanes) is 1. The van der Waals surface area contributed by atoms with Crippen molar-refractivity contribution in [3.05, 3.63) is 0 Å². The Labute approximate surface area is 105 Å². The van der Waals surface area contributed by atoms with Crippen LogP contribution < -0.4 is 5.73 Å². The second-order valence-electron chi connectivity index (χ2n) is 5.83. The number of hydrogen-bond donors (Lipinski definition) is 3. The summed E-state index contributed by atoms with van der Waals surface area (Å²) in [6, 6.07) is 0. The van der Waals surface area contributed by atoms with Gasteiger partial charge in [-0.3, -0.25) is 5.41 Å². The van der Waals surface area contributed by atoms with Crippen LogP contribution in [0.4, 0.5) is 0 Å². The number of nitrogens with zero attached hydrogens (tertiary/aromatic N) is 1. The topological polar surface area (TPSA) is 73.3 Å². The van der Waals surface area contributed by atoms with Gasteiger partial charge in [0.15, 0.2) is 0 Å². The monoisotopic (exact) mass is 241 g/mol. The molecule has 0 aliphatic carbocycles. The van der Waals surface area contributed by atoms with E-state index in [1.807, 2.05) is 13.8 Å². The Bertz CT molecular complexity index is 245. The number of nitrogens with one attached hydrogen (secondary N) is 1. The van der Waals surface area contributed by atoms with Crippen molar-refractivity contribution in [3.63, 3.8) is 0 Å². The van der Waals surface area contributed by atoms with E-state index in [0.717, 1.165) is 51.7 Å². The Hall–Kier alpha value is -0.610. The quantitative estimate of drug-likeness (QED) is 0.375. The maximum absolute atomic E-state index is 9.40. The van der Waals surface area contributed by atoms with Gasteiger partial charge in [0.25, 0.3) is 0 Å². The second kappa shape index (κ2) is 6.36. The lowest BCUT2D eigenvalue weighted by Gasteiger charge is -2.30. The summed E-state index contributed by atoms with van der Waals surface area (Å²) in [5, 5.41) is 16.9. The molecule has 0 aromatic heterocycles. The zero-order chi connectivity index (χ0) is 12.9. The summed E-state index contributed by atoms with van der Waals surface area (Å²) < 4.78 is 0. The molecule has 0 saturated carbocycles. The van der Waals surface area contributed by atoms with Crippen molar-refractivity contribution in [2.24, 2.45) is 11.1 Å². The average molecular weight is 241 g/mol. The summed E-state index contributed by atoms with van der Waals surface area (Å²) in [6.45, 7) is 7.23. The van der Waals surface area contributed by atoms with Gasteiger partial charge in [0, 0.05) is 18.5 Å². The molecule has 1 fully saturated rings. The number of hydrogen-bond acceptors (Lipinski definition) is 3. The summed E-state index contributed by atoms with van der Waals surface area (Å²) >= 11 is 0. The van der Waals surface area contributed by atoms with Gasteiger partial charge in [0.1, 0.15) is 0 Å². The molecule has 0 spiro atoms. The normalized spacial score (nSPS) is 19.5. The molecule has 1 aliphatic heterocycles. The van der Waals surface area contributed by atoms with Crippen molar-refractivity contribution >= 4 is 5.84 Å². The molecule has 0 aromatic rings. The lowest BCUT2D eigenvalue weighted by atomic mass is 9.86. The van der Waals surface area contributed by atoms with Crippen LogP contribution in [0.25, 0.3) is 0 Å². The van der Waals surface area contributed by atoms with Crippen LogP contribution in [0.5, 0.6) is 0 Å². The fraction of sp³-hybridized carbons (Fsp3) is 0.923. The van der Waals surface area contributed by atoms with Crippen LogP contribution in [0.15, 0.2) is 0 Å². The number of nitrogens with two attached hydrogens (primary N) is 1. The first-order chi connectivity index (χ1) is 7.92. The van der Waals surface area contributed by atoms with E-state index in [-0.39, 0.29) is 11.5 Å². The molecule has 4 nitrogen and oxygen atoms in total. The predicted molar refractivity (Wildman–Crippen MR) is 71.2 cm³/mol. The minimum atomic E-state index is -0.155. The largest absolute Gasteiger partial charge is 0.393 e. The van der Waals surface area contributed by atoms with Gasteiger partial charge in [-0.15, -0.1) is 0 Å². The first kappa shape index (κ1) is 14.5. The number of rotatable bonds is 6. The predicted octanol–water partition coefficient (Wildman–Crippen LogP) is 1.58. The van der Waals surface area contributed by atoms with E-state index < -0.39 is 0 Å². The first-order valence-electron chi connectivity index (χ1n) is 6.67. The maximum Gasteiger partial charge on any atom is 0.0963 e. The van der Waals surface area contributed by atoms with Crippen LogP contribution in [0.3, 0.4) is 0 Å². The highest BCUT2D eigenvalue weighted by Crippen LogP contribution is 2.23. The van der Waals surface area contributed by atoms with E-state index in [9.17, 15) is 5.11 Å². The Morgan fingerprint density at radius 2 is 1.94 bits per heavy atom. The molecule has 0 radical (unpaired) electrons. The molecule has 0 atom stereocenters. The molecule has 1 rings (SSSR count). The van der Waals surface area contributed by atoms with E-state index >= 15 is 0 Å². The van der Waals surface area contributed by atoms with Crippen molar-refractivity contribution in [3.8, 4) is 0 Å². The molecule has 0 unspecified atom stereocenters. The smallest absolute Gasteiger partial charge is 0.0963 e. The fourth-order valence-electron chi connectivity index (χ4n) is 2.18. The summed E-state index contributed by atoms with van der Waals surface area (Å²) in [6.07, 6.45) is 5.01. The third kappa shape index (κ3) is 5.04. The van der Waals surface area contributed by atoms with Crippen LogP contribution in [0.1, 0.15) is 46.0 Å². The van der Waals surface area contributed by atoms with Gasteiger partial charge in [-0.25, -0.2) is 0 Å². The Balaban J connectivity index is 2.10. The Morgan fingerprint density at radius 1 is 1.35 bits per heavy atom. The maximum atomic E-state index is 9.40. The van der Waals surface area contributed by atoms with Gasteiger partial charge in [0.2, 0.25) is 0 Å². The zero-order valence-corrected chi connectivity index (χ0v) is 11.2. The highest BCUT2D eigenvalue weighted by molar-refractivity contribution is 5.82.